The van der Waals surface area contributed by atoms with Gasteiger partial charge in [0, 0.05) is 0 Å². The molecule has 0 aliphatic carbocycles. The second kappa shape index (κ2) is 11.0. The van der Waals surface area contributed by atoms with E-state index in [0.29, 0.717) is 21.2 Å². The second-order valence-electron chi connectivity index (χ2n) is 12.2. The van der Waals surface area contributed by atoms with Gasteiger partial charge in [0.25, 0.3) is 5.56 Å². The number of fused-ring (bicyclic) bond motifs is 1. The number of aromatic nitrogens is 3. The van der Waals surface area contributed by atoms with Crippen LogP contribution in [0.25, 0.3) is 21.0 Å². The quantitative estimate of drug-likeness (QED) is 0.279. The molecule has 0 aliphatic heterocycles. The lowest BCUT2D eigenvalue weighted by Crippen LogP contribution is -2.54. The average molecular weight is 584 g/mol. The monoisotopic (exact) mass is 583 g/mol. The maximum absolute atomic E-state index is 14.3. The minimum Gasteiger partial charge on any atom is -0.458 e. The first-order chi connectivity index (χ1) is 19.0. The van der Waals surface area contributed by atoms with Crippen LogP contribution in [0.2, 0.25) is 0 Å². The number of hydrogen-bond acceptors (Lipinski definition) is 9. The van der Waals surface area contributed by atoms with Crippen LogP contribution in [0.1, 0.15) is 65.7 Å². The van der Waals surface area contributed by atoms with Gasteiger partial charge in [-0.2, -0.15) is 0 Å². The van der Waals surface area contributed by atoms with Crippen molar-refractivity contribution in [3.8, 4) is 10.8 Å². The van der Waals surface area contributed by atoms with Gasteiger partial charge in [0.2, 0.25) is 5.89 Å². The number of rotatable bonds is 9. The summed E-state index contributed by atoms with van der Waals surface area (Å²) >= 11 is 1.21. The van der Waals surface area contributed by atoms with Crippen molar-refractivity contribution >= 4 is 27.5 Å². The molecule has 10 nitrogen and oxygen atoms in total. The molecule has 4 aromatic rings. The van der Waals surface area contributed by atoms with Crippen molar-refractivity contribution in [1.29, 1.82) is 0 Å². The van der Waals surface area contributed by atoms with E-state index in [1.54, 1.807) is 41.5 Å². The van der Waals surface area contributed by atoms with E-state index in [-0.39, 0.29) is 18.5 Å². The molecule has 0 aliphatic rings. The molecule has 0 unspecified atom stereocenters. The Morgan fingerprint density at radius 1 is 1.10 bits per heavy atom. The molecule has 0 fully saturated rings. The van der Waals surface area contributed by atoms with Gasteiger partial charge in [-0.25, -0.2) is 19.1 Å². The van der Waals surface area contributed by atoms with Crippen LogP contribution in [0.5, 0.6) is 0 Å². The summed E-state index contributed by atoms with van der Waals surface area (Å²) in [4.78, 5) is 46.9. The molecule has 4 rings (SSSR count). The second-order valence-corrected chi connectivity index (χ2v) is 13.2. The number of nitrogens with zero attached hydrogens (tertiary/aromatic N) is 3. The Labute approximate surface area is 242 Å². The van der Waals surface area contributed by atoms with Crippen molar-refractivity contribution in [3.05, 3.63) is 74.8 Å². The Hall–Kier alpha value is -3.54. The summed E-state index contributed by atoms with van der Waals surface area (Å²) in [6.07, 6.45) is 2.28. The molecule has 0 saturated heterocycles. The first-order valence-corrected chi connectivity index (χ1v) is 14.1. The maximum Gasteiger partial charge on any atom is 0.333 e. The number of hydrogen-bond donors (Lipinski definition) is 1. The number of benzene rings is 1. The van der Waals surface area contributed by atoms with Gasteiger partial charge >= 0.3 is 11.7 Å². The molecular formula is C30H37N3O7S. The summed E-state index contributed by atoms with van der Waals surface area (Å²) in [7, 11) is 0. The summed E-state index contributed by atoms with van der Waals surface area (Å²) in [5.41, 5.74) is -3.53. The molecule has 0 bridgehead atoms. The fourth-order valence-corrected chi connectivity index (χ4v) is 5.67. The summed E-state index contributed by atoms with van der Waals surface area (Å²) in [5.74, 6) is -0.397. The highest BCUT2D eigenvalue weighted by Crippen LogP contribution is 2.36. The lowest BCUT2D eigenvalue weighted by molar-refractivity contribution is -0.164. The van der Waals surface area contributed by atoms with Crippen LogP contribution in [0, 0.1) is 6.92 Å². The van der Waals surface area contributed by atoms with E-state index in [0.717, 1.165) is 10.1 Å². The van der Waals surface area contributed by atoms with Crippen molar-refractivity contribution in [2.24, 2.45) is 0 Å². The third kappa shape index (κ3) is 6.37. The van der Waals surface area contributed by atoms with Crippen molar-refractivity contribution in [1.82, 2.24) is 14.1 Å². The van der Waals surface area contributed by atoms with Crippen LogP contribution in [0.4, 0.5) is 0 Å². The fourth-order valence-electron chi connectivity index (χ4n) is 4.43. The summed E-state index contributed by atoms with van der Waals surface area (Å²) in [5, 5.41) is 10.7. The Kier molecular flexibility index (Phi) is 8.19. The molecule has 41 heavy (non-hydrogen) atoms. The van der Waals surface area contributed by atoms with E-state index in [1.165, 1.54) is 42.2 Å². The zero-order valence-corrected chi connectivity index (χ0v) is 25.5. The molecule has 0 radical (unpaired) electrons. The van der Waals surface area contributed by atoms with Crippen LogP contribution < -0.4 is 11.2 Å². The molecule has 220 valence electrons. The average Bonchev–Trinajstić information content (AvgIpc) is 3.50. The molecule has 0 amide bonds. The molecule has 0 spiro atoms. The summed E-state index contributed by atoms with van der Waals surface area (Å²) in [6, 6.07) is 9.33. The third-order valence-corrected chi connectivity index (χ3v) is 7.76. The molecule has 1 atom stereocenters. The highest BCUT2D eigenvalue weighted by atomic mass is 32.1. The Balaban J connectivity index is 1.99. The lowest BCUT2D eigenvalue weighted by Gasteiger charge is -2.30. The number of ether oxygens (including phenoxy) is 2. The van der Waals surface area contributed by atoms with Gasteiger partial charge < -0.3 is 19.0 Å². The van der Waals surface area contributed by atoms with Crippen molar-refractivity contribution in [2.75, 3.05) is 6.61 Å². The number of esters is 1. The first-order valence-electron chi connectivity index (χ1n) is 13.3. The van der Waals surface area contributed by atoms with E-state index in [1.807, 2.05) is 30.3 Å². The molecule has 3 aromatic heterocycles. The van der Waals surface area contributed by atoms with Crippen LogP contribution in [-0.2, 0) is 26.4 Å². The smallest absolute Gasteiger partial charge is 0.333 e. The van der Waals surface area contributed by atoms with Crippen LogP contribution in [0.3, 0.4) is 0 Å². The lowest BCUT2D eigenvalue weighted by atomic mass is 10.0. The van der Waals surface area contributed by atoms with Crippen molar-refractivity contribution < 1.29 is 23.8 Å². The van der Waals surface area contributed by atoms with Crippen LogP contribution in [0.15, 0.2) is 56.8 Å². The van der Waals surface area contributed by atoms with Gasteiger partial charge in [0.15, 0.2) is 0 Å². The van der Waals surface area contributed by atoms with Gasteiger partial charge in [-0.3, -0.25) is 9.36 Å². The Bertz CT molecular complexity index is 1650. The predicted molar refractivity (Wildman–Crippen MR) is 157 cm³/mol. The fraction of sp³-hybridized carbons (Fsp3) is 0.467. The standard InChI is InChI=1S/C30H37N3O7S/c1-18-21-24(34)33(30(7,8)26(35)40-28(2,3)4)27(36)32(25(21)41-22(18)23-31-14-15-38-23)16-20(39-17-29(5,6)37)19-12-10-9-11-13-19/h9-15,20,37H,16-17H2,1-8H3/t20-/m0/s1. The largest absolute Gasteiger partial charge is 0.458 e. The third-order valence-electron chi connectivity index (χ3n) is 6.45. The van der Waals surface area contributed by atoms with Gasteiger partial charge in [0.05, 0.1) is 35.2 Å². The summed E-state index contributed by atoms with van der Waals surface area (Å²) in [6.45, 7) is 13.2. The van der Waals surface area contributed by atoms with Gasteiger partial charge in [-0.15, -0.1) is 11.3 Å². The Morgan fingerprint density at radius 3 is 2.32 bits per heavy atom. The topological polar surface area (TPSA) is 126 Å². The Morgan fingerprint density at radius 2 is 1.76 bits per heavy atom. The van der Waals surface area contributed by atoms with E-state index in [2.05, 4.69) is 4.98 Å². The zero-order valence-electron chi connectivity index (χ0n) is 24.7. The molecule has 11 heteroatoms. The van der Waals surface area contributed by atoms with Crippen LogP contribution >= 0.6 is 11.3 Å². The molecule has 1 aromatic carbocycles. The van der Waals surface area contributed by atoms with Gasteiger partial charge in [0.1, 0.15) is 28.3 Å². The number of thiophene rings is 1. The first kappa shape index (κ1) is 30.4. The molecule has 3 heterocycles. The van der Waals surface area contributed by atoms with Gasteiger partial charge in [-0.05, 0) is 66.5 Å². The van der Waals surface area contributed by atoms with Crippen molar-refractivity contribution in [3.63, 3.8) is 0 Å². The number of carbonyl (C=O) groups is 1. The number of aryl methyl sites for hydroxylation is 1. The maximum atomic E-state index is 14.3. The molecule has 1 N–H and O–H groups in total. The van der Waals surface area contributed by atoms with E-state index < -0.39 is 40.1 Å². The number of carbonyl (C=O) groups excluding carboxylic acids is 1. The normalized spacial score (nSPS) is 13.5. The SMILES string of the molecule is Cc1c(-c2ncco2)sc2c1c(=O)n(C(C)(C)C(=O)OC(C)(C)C)c(=O)n2C[C@H](OCC(C)(C)O)c1ccccc1. The number of oxazole rings is 1. The van der Waals surface area contributed by atoms with Crippen LogP contribution in [-0.4, -0.2) is 43.0 Å². The highest BCUT2D eigenvalue weighted by molar-refractivity contribution is 7.22. The summed E-state index contributed by atoms with van der Waals surface area (Å²) < 4.78 is 19.7. The zero-order chi connectivity index (χ0) is 30.3. The van der Waals surface area contributed by atoms with E-state index >= 15 is 0 Å². The number of aliphatic hydroxyl groups is 1. The van der Waals surface area contributed by atoms with E-state index in [4.69, 9.17) is 13.9 Å². The molecule has 0 saturated carbocycles. The highest BCUT2D eigenvalue weighted by Gasteiger charge is 2.39. The van der Waals surface area contributed by atoms with Crippen molar-refractivity contribution in [2.45, 2.75) is 84.8 Å². The van der Waals surface area contributed by atoms with Gasteiger partial charge in [-0.1, -0.05) is 30.3 Å². The molecular weight excluding hydrogens is 546 g/mol. The van der Waals surface area contributed by atoms with E-state index in [9.17, 15) is 19.5 Å². The predicted octanol–water partition coefficient (Wildman–Crippen LogP) is 4.79. The minimum atomic E-state index is -1.63. The minimum absolute atomic E-state index is 0.00146.